The molecule has 0 radical (unpaired) electrons. The summed E-state index contributed by atoms with van der Waals surface area (Å²) in [5.41, 5.74) is 2.65. The summed E-state index contributed by atoms with van der Waals surface area (Å²) < 4.78 is 1.65. The molecule has 1 unspecified atom stereocenters. The van der Waals surface area contributed by atoms with Crippen molar-refractivity contribution in [2.75, 3.05) is 6.54 Å². The average molecular weight is 259 g/mol. The van der Waals surface area contributed by atoms with Crippen LogP contribution < -0.4 is 0 Å². The Morgan fingerprint density at radius 1 is 1.53 bits per heavy atom. The summed E-state index contributed by atoms with van der Waals surface area (Å²) in [5.74, 6) is -0.00269. The van der Waals surface area contributed by atoms with E-state index in [1.54, 1.807) is 23.1 Å². The fourth-order valence-corrected chi connectivity index (χ4v) is 2.68. The molecule has 1 amide bonds. The number of carbonyl (C=O) groups excluding carboxylic acids is 1. The van der Waals surface area contributed by atoms with Gasteiger partial charge in [-0.25, -0.2) is 0 Å². The molecular formula is C13H17N5O. The van der Waals surface area contributed by atoms with Crippen molar-refractivity contribution in [2.24, 2.45) is 7.05 Å². The predicted octanol–water partition coefficient (Wildman–Crippen LogP) is 1.43. The maximum atomic E-state index is 12.5. The number of nitrogens with zero attached hydrogens (tertiary/aromatic N) is 4. The molecule has 2 aromatic rings. The number of likely N-dealkylation sites (tertiary alicyclic amines) is 1. The molecule has 0 aromatic carbocycles. The molecule has 1 saturated heterocycles. The number of carbonyl (C=O) groups is 1. The van der Waals surface area contributed by atoms with E-state index in [0.29, 0.717) is 5.69 Å². The summed E-state index contributed by atoms with van der Waals surface area (Å²) >= 11 is 0. The molecule has 3 heterocycles. The Bertz CT molecular complexity index is 600. The van der Waals surface area contributed by atoms with Gasteiger partial charge in [-0.1, -0.05) is 0 Å². The minimum absolute atomic E-state index is 0.00269. The van der Waals surface area contributed by atoms with Crippen LogP contribution in [0.2, 0.25) is 0 Å². The van der Waals surface area contributed by atoms with Crippen LogP contribution in [0.1, 0.15) is 40.6 Å². The molecule has 2 aromatic heterocycles. The van der Waals surface area contributed by atoms with E-state index in [-0.39, 0.29) is 11.9 Å². The highest BCUT2D eigenvalue weighted by Crippen LogP contribution is 2.33. The van der Waals surface area contributed by atoms with Gasteiger partial charge in [-0.15, -0.1) is 0 Å². The van der Waals surface area contributed by atoms with Gasteiger partial charge in [0.2, 0.25) is 0 Å². The topological polar surface area (TPSA) is 66.8 Å². The van der Waals surface area contributed by atoms with Gasteiger partial charge in [-0.05, 0) is 31.4 Å². The molecule has 0 aliphatic carbocycles. The average Bonchev–Trinajstić information content (AvgIpc) is 3.07. The number of hydrogen-bond acceptors (Lipinski definition) is 3. The van der Waals surface area contributed by atoms with Crippen molar-refractivity contribution in [1.29, 1.82) is 0 Å². The smallest absolute Gasteiger partial charge is 0.274 e. The van der Waals surface area contributed by atoms with Crippen molar-refractivity contribution in [2.45, 2.75) is 25.8 Å². The molecule has 6 nitrogen and oxygen atoms in total. The first-order chi connectivity index (χ1) is 9.16. The Morgan fingerprint density at radius 2 is 2.37 bits per heavy atom. The van der Waals surface area contributed by atoms with E-state index in [0.717, 1.165) is 30.6 Å². The van der Waals surface area contributed by atoms with E-state index in [2.05, 4.69) is 15.3 Å². The van der Waals surface area contributed by atoms with Gasteiger partial charge in [0.1, 0.15) is 5.69 Å². The molecule has 1 fully saturated rings. The van der Waals surface area contributed by atoms with Crippen molar-refractivity contribution in [3.8, 4) is 0 Å². The van der Waals surface area contributed by atoms with Gasteiger partial charge < -0.3 is 4.90 Å². The van der Waals surface area contributed by atoms with Crippen molar-refractivity contribution >= 4 is 5.91 Å². The van der Waals surface area contributed by atoms with E-state index in [9.17, 15) is 4.79 Å². The Hall–Kier alpha value is -2.11. The van der Waals surface area contributed by atoms with Crippen molar-refractivity contribution in [3.63, 3.8) is 0 Å². The van der Waals surface area contributed by atoms with Gasteiger partial charge in [-0.3, -0.25) is 14.6 Å². The number of nitrogens with one attached hydrogen (secondary N) is 1. The number of aryl methyl sites for hydroxylation is 2. The van der Waals surface area contributed by atoms with Crippen LogP contribution in [0, 0.1) is 6.92 Å². The van der Waals surface area contributed by atoms with Gasteiger partial charge >= 0.3 is 0 Å². The summed E-state index contributed by atoms with van der Waals surface area (Å²) in [6.45, 7) is 2.79. The molecular weight excluding hydrogens is 242 g/mol. The lowest BCUT2D eigenvalue weighted by molar-refractivity contribution is 0.0726. The summed E-state index contributed by atoms with van der Waals surface area (Å²) in [6.07, 6.45) is 5.58. The lowest BCUT2D eigenvalue weighted by Crippen LogP contribution is -2.31. The highest BCUT2D eigenvalue weighted by Gasteiger charge is 2.33. The van der Waals surface area contributed by atoms with E-state index < -0.39 is 0 Å². The number of aromatic amines is 1. The fraction of sp³-hybridized carbons (Fsp3) is 0.462. The van der Waals surface area contributed by atoms with Gasteiger partial charge in [0.25, 0.3) is 5.91 Å². The molecule has 0 bridgehead atoms. The predicted molar refractivity (Wildman–Crippen MR) is 69.5 cm³/mol. The van der Waals surface area contributed by atoms with Crippen LogP contribution in [0.3, 0.4) is 0 Å². The summed E-state index contributed by atoms with van der Waals surface area (Å²) in [6, 6.07) is 1.86. The second-order valence-corrected chi connectivity index (χ2v) is 5.00. The Balaban J connectivity index is 1.88. The number of aromatic nitrogens is 4. The molecule has 100 valence electrons. The first-order valence-electron chi connectivity index (χ1n) is 6.47. The van der Waals surface area contributed by atoms with Gasteiger partial charge in [0.05, 0.1) is 17.9 Å². The Morgan fingerprint density at radius 3 is 3.00 bits per heavy atom. The van der Waals surface area contributed by atoms with E-state index >= 15 is 0 Å². The number of hydrogen-bond donors (Lipinski definition) is 1. The normalized spacial score (nSPS) is 19.1. The zero-order valence-corrected chi connectivity index (χ0v) is 11.1. The van der Waals surface area contributed by atoms with Crippen LogP contribution in [0.4, 0.5) is 0 Å². The highest BCUT2D eigenvalue weighted by atomic mass is 16.2. The monoisotopic (exact) mass is 259 g/mol. The zero-order valence-electron chi connectivity index (χ0n) is 11.1. The maximum absolute atomic E-state index is 12.5. The molecule has 0 spiro atoms. The lowest BCUT2D eigenvalue weighted by atomic mass is 10.1. The maximum Gasteiger partial charge on any atom is 0.274 e. The quantitative estimate of drug-likeness (QED) is 0.887. The first kappa shape index (κ1) is 12.0. The van der Waals surface area contributed by atoms with Gasteiger partial charge in [0.15, 0.2) is 0 Å². The highest BCUT2D eigenvalue weighted by molar-refractivity contribution is 5.92. The van der Waals surface area contributed by atoms with Crippen LogP contribution in [0.15, 0.2) is 18.5 Å². The van der Waals surface area contributed by atoms with Gasteiger partial charge in [0, 0.05) is 19.8 Å². The Kier molecular flexibility index (Phi) is 2.85. The van der Waals surface area contributed by atoms with Crippen LogP contribution in [0.5, 0.6) is 0 Å². The third kappa shape index (κ3) is 2.03. The molecule has 1 aliphatic heterocycles. The minimum atomic E-state index is -0.00269. The zero-order chi connectivity index (χ0) is 13.4. The molecule has 0 saturated carbocycles. The fourth-order valence-electron chi connectivity index (χ4n) is 2.68. The van der Waals surface area contributed by atoms with Crippen LogP contribution in [0.25, 0.3) is 0 Å². The van der Waals surface area contributed by atoms with E-state index in [1.807, 2.05) is 18.9 Å². The number of rotatable bonds is 2. The number of H-pyrrole nitrogens is 1. The van der Waals surface area contributed by atoms with Crippen molar-refractivity contribution in [3.05, 3.63) is 35.4 Å². The Labute approximate surface area is 111 Å². The van der Waals surface area contributed by atoms with E-state index in [4.69, 9.17) is 0 Å². The SMILES string of the molecule is Cc1cn[nH]c1C1CCCN1C(=O)c1ccn(C)n1. The third-order valence-corrected chi connectivity index (χ3v) is 3.65. The van der Waals surface area contributed by atoms with E-state index in [1.165, 1.54) is 0 Å². The second-order valence-electron chi connectivity index (χ2n) is 5.00. The third-order valence-electron chi connectivity index (χ3n) is 3.65. The first-order valence-corrected chi connectivity index (χ1v) is 6.47. The summed E-state index contributed by atoms with van der Waals surface area (Å²) in [5, 5.41) is 11.3. The summed E-state index contributed by atoms with van der Waals surface area (Å²) in [7, 11) is 1.82. The molecule has 1 N–H and O–H groups in total. The molecule has 19 heavy (non-hydrogen) atoms. The standard InChI is InChI=1S/C13H17N5O/c1-9-8-14-15-12(9)11-4-3-6-18(11)13(19)10-5-7-17(2)16-10/h5,7-8,11H,3-4,6H2,1-2H3,(H,14,15). The molecule has 6 heteroatoms. The molecule has 1 atom stereocenters. The largest absolute Gasteiger partial charge is 0.329 e. The van der Waals surface area contributed by atoms with Crippen LogP contribution in [-0.4, -0.2) is 37.3 Å². The number of amides is 1. The second kappa shape index (κ2) is 4.53. The van der Waals surface area contributed by atoms with Crippen LogP contribution in [-0.2, 0) is 7.05 Å². The summed E-state index contributed by atoms with van der Waals surface area (Å²) in [4.78, 5) is 14.4. The van der Waals surface area contributed by atoms with Crippen molar-refractivity contribution in [1.82, 2.24) is 24.9 Å². The van der Waals surface area contributed by atoms with Gasteiger partial charge in [-0.2, -0.15) is 10.2 Å². The molecule has 1 aliphatic rings. The lowest BCUT2D eigenvalue weighted by Gasteiger charge is -2.23. The van der Waals surface area contributed by atoms with Crippen molar-refractivity contribution < 1.29 is 4.79 Å². The minimum Gasteiger partial charge on any atom is -0.329 e. The van der Waals surface area contributed by atoms with Crippen LogP contribution >= 0.6 is 0 Å². The molecule has 3 rings (SSSR count).